The van der Waals surface area contributed by atoms with Crippen LogP contribution in [0, 0.1) is 17.0 Å². The number of halogens is 1. The molecule has 1 rings (SSSR count). The van der Waals surface area contributed by atoms with Crippen molar-refractivity contribution in [2.45, 2.75) is 18.7 Å². The van der Waals surface area contributed by atoms with Gasteiger partial charge in [-0.2, -0.15) is 11.8 Å². The molecular formula is C11H14ClNO5S2. The molecule has 0 aromatic heterocycles. The van der Waals surface area contributed by atoms with E-state index >= 15 is 0 Å². The Hall–Kier alpha value is -0.990. The van der Waals surface area contributed by atoms with Crippen LogP contribution in [0.3, 0.4) is 0 Å². The SMILES string of the molecule is CCSCCOc1c(C)cc([N+](=O)[O-])cc1S(=O)(=O)Cl. The zero-order valence-electron chi connectivity index (χ0n) is 11.0. The van der Waals surface area contributed by atoms with Gasteiger partial charge in [0.05, 0.1) is 11.5 Å². The van der Waals surface area contributed by atoms with Gasteiger partial charge >= 0.3 is 0 Å². The molecule has 6 nitrogen and oxygen atoms in total. The molecule has 112 valence electrons. The Morgan fingerprint density at radius 2 is 2.10 bits per heavy atom. The third-order valence-corrected chi connectivity index (χ3v) is 4.57. The maximum Gasteiger partial charge on any atom is 0.271 e. The van der Waals surface area contributed by atoms with Crippen molar-refractivity contribution in [3.8, 4) is 5.75 Å². The van der Waals surface area contributed by atoms with E-state index in [9.17, 15) is 18.5 Å². The number of thioether (sulfide) groups is 1. The van der Waals surface area contributed by atoms with Crippen LogP contribution in [0.2, 0.25) is 0 Å². The second-order valence-electron chi connectivity index (χ2n) is 3.83. The molecule has 0 radical (unpaired) electrons. The first-order chi connectivity index (χ1) is 9.27. The first-order valence-electron chi connectivity index (χ1n) is 5.71. The lowest BCUT2D eigenvalue weighted by molar-refractivity contribution is -0.385. The van der Waals surface area contributed by atoms with Crippen molar-refractivity contribution in [3.05, 3.63) is 27.8 Å². The number of nitro groups is 1. The molecular weight excluding hydrogens is 326 g/mol. The van der Waals surface area contributed by atoms with Crippen LogP contribution < -0.4 is 4.74 Å². The molecule has 0 amide bonds. The molecule has 9 heteroatoms. The molecule has 1 aromatic carbocycles. The molecule has 0 N–H and O–H groups in total. The zero-order valence-corrected chi connectivity index (χ0v) is 13.3. The Morgan fingerprint density at radius 3 is 2.60 bits per heavy atom. The minimum atomic E-state index is -4.12. The van der Waals surface area contributed by atoms with Crippen LogP contribution in [-0.2, 0) is 9.05 Å². The second kappa shape index (κ2) is 7.14. The van der Waals surface area contributed by atoms with Crippen molar-refractivity contribution >= 4 is 37.2 Å². The minimum absolute atomic E-state index is 0.0716. The Bertz CT molecular complexity index is 603. The number of aryl methyl sites for hydroxylation is 1. The number of rotatable bonds is 7. The fourth-order valence-electron chi connectivity index (χ4n) is 1.54. The highest BCUT2D eigenvalue weighted by molar-refractivity contribution is 8.13. The quantitative estimate of drug-likeness (QED) is 0.328. The third kappa shape index (κ3) is 4.53. The number of benzene rings is 1. The molecule has 0 aliphatic heterocycles. The van der Waals surface area contributed by atoms with Gasteiger partial charge in [-0.25, -0.2) is 8.42 Å². The van der Waals surface area contributed by atoms with Gasteiger partial charge in [0.2, 0.25) is 0 Å². The second-order valence-corrected chi connectivity index (χ2v) is 7.76. The Labute approximate surface area is 126 Å². The molecule has 0 saturated carbocycles. The summed E-state index contributed by atoms with van der Waals surface area (Å²) in [5, 5.41) is 10.8. The number of non-ortho nitro benzene ring substituents is 1. The van der Waals surface area contributed by atoms with E-state index in [1.165, 1.54) is 6.07 Å². The highest BCUT2D eigenvalue weighted by atomic mass is 35.7. The lowest BCUT2D eigenvalue weighted by atomic mass is 10.2. The smallest absolute Gasteiger partial charge is 0.271 e. The molecule has 0 aliphatic carbocycles. The molecule has 1 aromatic rings. The molecule has 20 heavy (non-hydrogen) atoms. The highest BCUT2D eigenvalue weighted by Gasteiger charge is 2.23. The molecule has 0 fully saturated rings. The maximum atomic E-state index is 11.5. The third-order valence-electron chi connectivity index (χ3n) is 2.38. The topological polar surface area (TPSA) is 86.5 Å². The molecule has 0 spiro atoms. The predicted octanol–water partition coefficient (Wildman–Crippen LogP) is 2.96. The highest BCUT2D eigenvalue weighted by Crippen LogP contribution is 2.34. The van der Waals surface area contributed by atoms with Crippen LogP contribution in [0.4, 0.5) is 5.69 Å². The first-order valence-corrected chi connectivity index (χ1v) is 9.18. The summed E-state index contributed by atoms with van der Waals surface area (Å²) in [6.07, 6.45) is 0. The summed E-state index contributed by atoms with van der Waals surface area (Å²) >= 11 is 1.64. The average molecular weight is 340 g/mol. The fourth-order valence-corrected chi connectivity index (χ4v) is 3.08. The summed E-state index contributed by atoms with van der Waals surface area (Å²) < 4.78 is 28.5. The zero-order chi connectivity index (χ0) is 15.3. The largest absolute Gasteiger partial charge is 0.491 e. The Morgan fingerprint density at radius 1 is 1.45 bits per heavy atom. The molecule has 0 bridgehead atoms. The maximum absolute atomic E-state index is 11.5. The van der Waals surface area contributed by atoms with Gasteiger partial charge in [-0.1, -0.05) is 6.92 Å². The van der Waals surface area contributed by atoms with E-state index in [2.05, 4.69) is 0 Å². The van der Waals surface area contributed by atoms with Gasteiger partial charge in [-0.15, -0.1) is 0 Å². The van der Waals surface area contributed by atoms with Gasteiger partial charge in [-0.3, -0.25) is 10.1 Å². The monoisotopic (exact) mass is 339 g/mol. The van der Waals surface area contributed by atoms with E-state index in [0.29, 0.717) is 17.9 Å². The van der Waals surface area contributed by atoms with E-state index in [0.717, 1.165) is 11.8 Å². The summed E-state index contributed by atoms with van der Waals surface area (Å²) in [5.41, 5.74) is 0.0249. The van der Waals surface area contributed by atoms with Gasteiger partial charge in [-0.05, 0) is 18.2 Å². The van der Waals surface area contributed by atoms with Crippen LogP contribution >= 0.6 is 22.4 Å². The van der Waals surface area contributed by atoms with E-state index in [4.69, 9.17) is 15.4 Å². The number of ether oxygens (including phenoxy) is 1. The summed E-state index contributed by atoms with van der Waals surface area (Å²) in [4.78, 5) is 9.73. The molecule has 0 unspecified atom stereocenters. The molecule has 0 saturated heterocycles. The summed E-state index contributed by atoms with van der Waals surface area (Å²) in [6, 6.07) is 2.17. The van der Waals surface area contributed by atoms with E-state index < -0.39 is 14.0 Å². The molecule has 0 aliphatic rings. The van der Waals surface area contributed by atoms with Gasteiger partial charge in [0, 0.05) is 28.6 Å². The van der Waals surface area contributed by atoms with Crippen molar-refractivity contribution in [1.82, 2.24) is 0 Å². The number of nitrogens with zero attached hydrogens (tertiary/aromatic N) is 1. The van der Waals surface area contributed by atoms with Crippen molar-refractivity contribution in [2.24, 2.45) is 0 Å². The van der Waals surface area contributed by atoms with Gasteiger partial charge in [0.25, 0.3) is 14.7 Å². The van der Waals surface area contributed by atoms with Crippen molar-refractivity contribution in [1.29, 1.82) is 0 Å². The number of nitro benzene ring substituents is 1. The van der Waals surface area contributed by atoms with Gasteiger partial charge in [0.15, 0.2) is 0 Å². The standard InChI is InChI=1S/C11H14ClNO5S2/c1-3-19-5-4-18-11-8(2)6-9(13(14)15)7-10(11)20(12,16)17/h6-7H,3-5H2,1-2H3. The average Bonchev–Trinajstić information content (AvgIpc) is 2.34. The summed E-state index contributed by atoms with van der Waals surface area (Å²) in [7, 11) is 1.20. The van der Waals surface area contributed by atoms with Crippen LogP contribution in [0.1, 0.15) is 12.5 Å². The summed E-state index contributed by atoms with van der Waals surface area (Å²) in [6.45, 7) is 3.84. The van der Waals surface area contributed by atoms with E-state index in [1.807, 2.05) is 6.92 Å². The lowest BCUT2D eigenvalue weighted by Gasteiger charge is -2.12. The lowest BCUT2D eigenvalue weighted by Crippen LogP contribution is -2.06. The number of hydrogen-bond donors (Lipinski definition) is 0. The van der Waals surface area contributed by atoms with Crippen LogP contribution in [-0.4, -0.2) is 31.5 Å². The predicted molar refractivity (Wildman–Crippen MR) is 79.4 cm³/mol. The normalized spacial score (nSPS) is 11.3. The Balaban J connectivity index is 3.18. The molecule has 0 atom stereocenters. The Kier molecular flexibility index (Phi) is 6.09. The van der Waals surface area contributed by atoms with Crippen LogP contribution in [0.25, 0.3) is 0 Å². The minimum Gasteiger partial charge on any atom is -0.491 e. The van der Waals surface area contributed by atoms with E-state index in [-0.39, 0.29) is 16.3 Å². The van der Waals surface area contributed by atoms with Crippen LogP contribution in [0.5, 0.6) is 5.75 Å². The first kappa shape index (κ1) is 17.1. The van der Waals surface area contributed by atoms with Crippen LogP contribution in [0.15, 0.2) is 17.0 Å². The van der Waals surface area contributed by atoms with Crippen molar-refractivity contribution in [3.63, 3.8) is 0 Å². The van der Waals surface area contributed by atoms with Crippen molar-refractivity contribution < 1.29 is 18.1 Å². The van der Waals surface area contributed by atoms with E-state index in [1.54, 1.807) is 18.7 Å². The fraction of sp³-hybridized carbons (Fsp3) is 0.455. The summed E-state index contributed by atoms with van der Waals surface area (Å²) in [5.74, 6) is 1.68. The van der Waals surface area contributed by atoms with Crippen molar-refractivity contribution in [2.75, 3.05) is 18.1 Å². The number of hydrogen-bond acceptors (Lipinski definition) is 6. The van der Waals surface area contributed by atoms with Gasteiger partial charge < -0.3 is 4.74 Å². The van der Waals surface area contributed by atoms with Gasteiger partial charge in [0.1, 0.15) is 10.6 Å². The molecule has 0 heterocycles.